The maximum absolute atomic E-state index is 4.11. The molecule has 1 aliphatic heterocycles. The molecule has 1 aromatic carbocycles. The summed E-state index contributed by atoms with van der Waals surface area (Å²) in [5, 5.41) is 0. The van der Waals surface area contributed by atoms with E-state index in [1.807, 2.05) is 32.2 Å². The van der Waals surface area contributed by atoms with Gasteiger partial charge in [0.2, 0.25) is 0 Å². The number of hydrogen-bond acceptors (Lipinski definition) is 1. The Kier molecular flexibility index (Phi) is 2.83. The minimum absolute atomic E-state index is 0.136. The van der Waals surface area contributed by atoms with Crippen molar-refractivity contribution >= 4 is 5.69 Å². The lowest BCUT2D eigenvalue weighted by Crippen LogP contribution is -2.11. The average Bonchev–Trinajstić information content (AvgIpc) is 2.55. The lowest BCUT2D eigenvalue weighted by Gasteiger charge is -2.13. The predicted molar refractivity (Wildman–Crippen MR) is 69.3 cm³/mol. The van der Waals surface area contributed by atoms with Gasteiger partial charge in [0, 0.05) is 18.4 Å². The zero-order valence-corrected chi connectivity index (χ0v) is 9.70. The Morgan fingerprint density at radius 3 is 2.88 bits per heavy atom. The van der Waals surface area contributed by atoms with Gasteiger partial charge < -0.3 is 4.90 Å². The van der Waals surface area contributed by atoms with Crippen molar-refractivity contribution in [3.63, 3.8) is 0 Å². The summed E-state index contributed by atoms with van der Waals surface area (Å²) in [5.41, 5.74) is 3.53. The van der Waals surface area contributed by atoms with Gasteiger partial charge in [-0.3, -0.25) is 0 Å². The molecule has 0 N–H and O–H groups in total. The Labute approximate surface area is 97.1 Å². The largest absolute Gasteiger partial charge is 0.347 e. The summed E-state index contributed by atoms with van der Waals surface area (Å²) in [6, 6.07) is 8.33. The smallest absolute Gasteiger partial charge is 0.0871 e. The van der Waals surface area contributed by atoms with Crippen LogP contribution in [0.2, 0.25) is 0 Å². The fraction of sp³-hybridized carbons (Fsp3) is 0.200. The molecule has 0 aliphatic carbocycles. The molecule has 1 heterocycles. The fourth-order valence-electron chi connectivity index (χ4n) is 1.94. The summed E-state index contributed by atoms with van der Waals surface area (Å²) in [6.45, 7) is 6.08. The van der Waals surface area contributed by atoms with Crippen molar-refractivity contribution in [1.29, 1.82) is 0 Å². The summed E-state index contributed by atoms with van der Waals surface area (Å²) in [6.07, 6.45) is 3.81. The first-order valence-electron chi connectivity index (χ1n) is 5.39. The highest BCUT2D eigenvalue weighted by Gasteiger charge is 2.28. The molecule has 1 heteroatoms. The van der Waals surface area contributed by atoms with Crippen molar-refractivity contribution in [1.82, 2.24) is 0 Å². The Bertz CT molecular complexity index is 500. The number of likely N-dealkylation sites (N-methyl/N-ethyl adjacent to an activating group) is 1. The van der Waals surface area contributed by atoms with E-state index >= 15 is 0 Å². The Morgan fingerprint density at radius 2 is 2.12 bits per heavy atom. The van der Waals surface area contributed by atoms with E-state index in [1.165, 1.54) is 11.3 Å². The van der Waals surface area contributed by atoms with Crippen molar-refractivity contribution in [2.45, 2.75) is 12.8 Å². The van der Waals surface area contributed by atoms with Crippen LogP contribution < -0.4 is 4.90 Å². The van der Waals surface area contributed by atoms with Gasteiger partial charge >= 0.3 is 0 Å². The minimum atomic E-state index is 0.136. The van der Waals surface area contributed by atoms with E-state index in [9.17, 15) is 0 Å². The van der Waals surface area contributed by atoms with E-state index in [0.29, 0.717) is 0 Å². The molecule has 0 amide bonds. The molecule has 0 saturated heterocycles. The van der Waals surface area contributed by atoms with Gasteiger partial charge in [-0.05, 0) is 24.6 Å². The van der Waals surface area contributed by atoms with E-state index in [2.05, 4.69) is 41.5 Å². The van der Waals surface area contributed by atoms with E-state index in [0.717, 1.165) is 5.70 Å². The molecule has 0 spiro atoms. The van der Waals surface area contributed by atoms with Crippen molar-refractivity contribution in [2.24, 2.45) is 0 Å². The molecule has 0 bridgehead atoms. The molecular weight excluding hydrogens is 194 g/mol. The highest BCUT2D eigenvalue weighted by molar-refractivity contribution is 5.69. The summed E-state index contributed by atoms with van der Waals surface area (Å²) in [5.74, 6) is 6.43. The highest BCUT2D eigenvalue weighted by atomic mass is 15.1. The maximum Gasteiger partial charge on any atom is 0.0871 e. The lowest BCUT2D eigenvalue weighted by molar-refractivity contribution is 1.03. The van der Waals surface area contributed by atoms with Gasteiger partial charge in [-0.25, -0.2) is 0 Å². The van der Waals surface area contributed by atoms with Crippen LogP contribution in [0.4, 0.5) is 5.69 Å². The third kappa shape index (κ3) is 1.63. The quantitative estimate of drug-likeness (QED) is 0.592. The second-order valence-electron chi connectivity index (χ2n) is 3.83. The highest BCUT2D eigenvalue weighted by Crippen LogP contribution is 2.40. The predicted octanol–water partition coefficient (Wildman–Crippen LogP) is 3.31. The van der Waals surface area contributed by atoms with Gasteiger partial charge in [0.25, 0.3) is 0 Å². The second-order valence-corrected chi connectivity index (χ2v) is 3.83. The minimum Gasteiger partial charge on any atom is -0.347 e. The Hall–Kier alpha value is -1.94. The third-order valence-corrected chi connectivity index (χ3v) is 2.85. The standard InChI is InChI=1S/C15H15N/c1-4-5-6-9-13-12(2)16(3)15-11-8-7-10-14(13)15/h4-5,7-8,10-11,13H,2H2,1,3H3/b5-4-. The van der Waals surface area contributed by atoms with E-state index < -0.39 is 0 Å². The van der Waals surface area contributed by atoms with Crippen LogP contribution in [0, 0.1) is 11.8 Å². The zero-order valence-electron chi connectivity index (χ0n) is 9.70. The zero-order chi connectivity index (χ0) is 11.5. The van der Waals surface area contributed by atoms with E-state index in [4.69, 9.17) is 0 Å². The molecule has 0 aromatic heterocycles. The SMILES string of the molecule is C=C1C(C#C/C=C\C)c2ccccc2N1C. The average molecular weight is 209 g/mol. The summed E-state index contributed by atoms with van der Waals surface area (Å²) in [7, 11) is 2.04. The summed E-state index contributed by atoms with van der Waals surface area (Å²) >= 11 is 0. The molecule has 0 saturated carbocycles. The van der Waals surface area contributed by atoms with Gasteiger partial charge in [-0.2, -0.15) is 0 Å². The van der Waals surface area contributed by atoms with Crippen LogP contribution >= 0.6 is 0 Å². The van der Waals surface area contributed by atoms with Gasteiger partial charge in [-0.15, -0.1) is 0 Å². The molecule has 80 valence electrons. The van der Waals surface area contributed by atoms with Crippen molar-refractivity contribution < 1.29 is 0 Å². The topological polar surface area (TPSA) is 3.24 Å². The van der Waals surface area contributed by atoms with Crippen LogP contribution in [0.25, 0.3) is 0 Å². The van der Waals surface area contributed by atoms with Crippen LogP contribution in [0.15, 0.2) is 48.7 Å². The molecule has 1 aromatic rings. The van der Waals surface area contributed by atoms with Gasteiger partial charge in [0.15, 0.2) is 0 Å². The van der Waals surface area contributed by atoms with Crippen molar-refractivity contribution in [3.8, 4) is 11.8 Å². The van der Waals surface area contributed by atoms with Crippen molar-refractivity contribution in [2.75, 3.05) is 11.9 Å². The van der Waals surface area contributed by atoms with Crippen LogP contribution in [0.3, 0.4) is 0 Å². The first-order valence-corrected chi connectivity index (χ1v) is 5.39. The number of para-hydroxylation sites is 1. The third-order valence-electron chi connectivity index (χ3n) is 2.85. The summed E-state index contributed by atoms with van der Waals surface area (Å²) in [4.78, 5) is 2.12. The van der Waals surface area contributed by atoms with Crippen LogP contribution in [-0.4, -0.2) is 7.05 Å². The number of rotatable bonds is 0. The molecule has 0 fully saturated rings. The first-order chi connectivity index (χ1) is 7.75. The van der Waals surface area contributed by atoms with E-state index in [-0.39, 0.29) is 5.92 Å². The number of hydrogen-bond donors (Lipinski definition) is 0. The number of benzene rings is 1. The van der Waals surface area contributed by atoms with Gasteiger partial charge in [0.1, 0.15) is 0 Å². The first kappa shape index (κ1) is 10.6. The molecule has 0 radical (unpaired) electrons. The van der Waals surface area contributed by atoms with Gasteiger partial charge in [-0.1, -0.05) is 42.7 Å². The normalized spacial score (nSPS) is 18.5. The molecule has 1 unspecified atom stereocenters. The van der Waals surface area contributed by atoms with Crippen LogP contribution in [-0.2, 0) is 0 Å². The number of nitrogens with zero attached hydrogens (tertiary/aromatic N) is 1. The van der Waals surface area contributed by atoms with Gasteiger partial charge in [0.05, 0.1) is 5.92 Å². The number of fused-ring (bicyclic) bond motifs is 1. The van der Waals surface area contributed by atoms with E-state index in [1.54, 1.807) is 0 Å². The molecule has 1 atom stereocenters. The van der Waals surface area contributed by atoms with Crippen LogP contribution in [0.1, 0.15) is 18.4 Å². The second kappa shape index (κ2) is 4.28. The lowest BCUT2D eigenvalue weighted by atomic mass is 10.00. The maximum atomic E-state index is 4.11. The summed E-state index contributed by atoms with van der Waals surface area (Å²) < 4.78 is 0. The molecule has 2 rings (SSSR count). The molecular formula is C15H15N. The molecule has 1 aliphatic rings. The number of allylic oxidation sites excluding steroid dienone is 3. The molecule has 16 heavy (non-hydrogen) atoms. The monoisotopic (exact) mass is 209 g/mol. The van der Waals surface area contributed by atoms with Crippen molar-refractivity contribution in [3.05, 3.63) is 54.3 Å². The number of anilines is 1. The fourth-order valence-corrected chi connectivity index (χ4v) is 1.94. The molecule has 1 nitrogen and oxygen atoms in total. The van der Waals surface area contributed by atoms with Crippen LogP contribution in [0.5, 0.6) is 0 Å². The Morgan fingerprint density at radius 1 is 1.38 bits per heavy atom. The Balaban J connectivity index is 2.42.